The van der Waals surface area contributed by atoms with E-state index in [9.17, 15) is 52.7 Å². The highest BCUT2D eigenvalue weighted by atomic mass is 79.9. The average molecular weight is 583 g/mol. The Balaban J connectivity index is 6.13. The van der Waals surface area contributed by atoms with Crippen molar-refractivity contribution in [3.05, 3.63) is 0 Å². The summed E-state index contributed by atoms with van der Waals surface area (Å²) < 4.78 is 171. The summed E-state index contributed by atoms with van der Waals surface area (Å²) in [4.78, 5) is 0. The van der Waals surface area contributed by atoms with Crippen LogP contribution in [-0.4, -0.2) is 66.7 Å². The molecule has 0 saturated carbocycles. The topological polar surface area (TPSA) is 27.7 Å². The summed E-state index contributed by atoms with van der Waals surface area (Å²) in [6.45, 7) is -2.42. The first-order chi connectivity index (χ1) is 14.2. The molecule has 0 saturated heterocycles. The maximum atomic E-state index is 13.1. The van der Waals surface area contributed by atoms with Crippen LogP contribution < -0.4 is 0 Å². The molecule has 0 rings (SSSR count). The van der Waals surface area contributed by atoms with Gasteiger partial charge in [-0.15, -0.1) is 0 Å². The van der Waals surface area contributed by atoms with Gasteiger partial charge in [0.05, 0.1) is 25.2 Å². The molecule has 0 heterocycles. The summed E-state index contributed by atoms with van der Waals surface area (Å²) in [6, 6.07) is 0. The van der Waals surface area contributed by atoms with Crippen molar-refractivity contribution < 1.29 is 66.9 Å². The molecule has 0 aromatic rings. The van der Waals surface area contributed by atoms with Crippen LogP contribution in [0, 0.1) is 5.41 Å². The lowest BCUT2D eigenvalue weighted by Gasteiger charge is -2.41. The summed E-state index contributed by atoms with van der Waals surface area (Å²) in [5.41, 5.74) is -13.0. The van der Waals surface area contributed by atoms with Crippen LogP contribution in [0.4, 0.5) is 52.7 Å². The molecule has 16 heteroatoms. The van der Waals surface area contributed by atoms with E-state index in [1.54, 1.807) is 0 Å². The first-order valence-electron chi connectivity index (χ1n) is 8.93. The van der Waals surface area contributed by atoms with Gasteiger partial charge >= 0.3 is 24.7 Å². The number of ether oxygens (including phenoxy) is 3. The fraction of sp³-hybridized carbons (Fsp3) is 1.00. The molecule has 0 radical (unpaired) electrons. The number of halogens is 13. The Bertz CT molecular complexity index is 591. The van der Waals surface area contributed by atoms with Crippen molar-refractivity contribution in [1.82, 2.24) is 0 Å². The Morgan fingerprint density at radius 1 is 0.485 bits per heavy atom. The molecule has 0 unspecified atom stereocenters. The quantitative estimate of drug-likeness (QED) is 0.205. The maximum absolute atomic E-state index is 13.1. The van der Waals surface area contributed by atoms with E-state index in [4.69, 9.17) is 0 Å². The Kier molecular flexibility index (Phi) is 9.73. The minimum Gasteiger partial charge on any atom is -0.365 e. The third-order valence-electron chi connectivity index (χ3n) is 4.88. The molecule has 0 fully saturated rings. The normalized spacial score (nSPS) is 15.8. The van der Waals surface area contributed by atoms with E-state index in [0.717, 1.165) is 0 Å². The molecule has 0 aliphatic rings. The van der Waals surface area contributed by atoms with Crippen LogP contribution in [0.2, 0.25) is 0 Å². The van der Waals surface area contributed by atoms with Gasteiger partial charge in [0.15, 0.2) is 11.2 Å². The lowest BCUT2D eigenvalue weighted by Crippen LogP contribution is -2.59. The van der Waals surface area contributed by atoms with Crippen LogP contribution in [0.15, 0.2) is 0 Å². The van der Waals surface area contributed by atoms with Gasteiger partial charge in [-0.05, 0) is 34.6 Å². The standard InChI is InChI=1S/C17H23BrF12O3/c1-10(2,14(19,20)21)31-7-13(6-18,8-32-11(3,4)15(22,23)24)9-33-12(5,16(25,26)27)17(28,29)30/h6-9H2,1-5H3. The number of rotatable bonds is 10. The SMILES string of the molecule is CC(C)(OCC(CBr)(COC(C)(C)C(F)(F)F)COC(C)(C(F)(F)F)C(F)(F)F)C(F)(F)F. The van der Waals surface area contributed by atoms with Gasteiger partial charge in [-0.25, -0.2) is 0 Å². The molecule has 0 spiro atoms. The van der Waals surface area contributed by atoms with Gasteiger partial charge < -0.3 is 14.2 Å². The number of alkyl halides is 13. The van der Waals surface area contributed by atoms with Crippen LogP contribution in [-0.2, 0) is 14.2 Å². The molecule has 0 amide bonds. The zero-order valence-corrected chi connectivity index (χ0v) is 19.6. The van der Waals surface area contributed by atoms with Crippen LogP contribution in [0.25, 0.3) is 0 Å². The molecular formula is C17H23BrF12O3. The summed E-state index contributed by atoms with van der Waals surface area (Å²) in [6.07, 6.45) is -22.1. The largest absolute Gasteiger partial charge is 0.426 e. The third kappa shape index (κ3) is 7.75. The van der Waals surface area contributed by atoms with Crippen molar-refractivity contribution in [2.75, 3.05) is 25.2 Å². The van der Waals surface area contributed by atoms with Crippen LogP contribution >= 0.6 is 15.9 Å². The van der Waals surface area contributed by atoms with E-state index in [1.165, 1.54) is 0 Å². The predicted molar refractivity (Wildman–Crippen MR) is 94.9 cm³/mol. The monoisotopic (exact) mass is 582 g/mol. The Morgan fingerprint density at radius 2 is 0.758 bits per heavy atom. The Hall–Kier alpha value is -0.480. The van der Waals surface area contributed by atoms with Crippen LogP contribution in [0.5, 0.6) is 0 Å². The Labute approximate surface area is 190 Å². The second kappa shape index (κ2) is 9.88. The van der Waals surface area contributed by atoms with E-state index >= 15 is 0 Å². The van der Waals surface area contributed by atoms with Crippen LogP contribution in [0.3, 0.4) is 0 Å². The van der Waals surface area contributed by atoms with Crippen molar-refractivity contribution in [2.24, 2.45) is 5.41 Å². The fourth-order valence-electron chi connectivity index (χ4n) is 1.69. The highest BCUT2D eigenvalue weighted by molar-refractivity contribution is 9.09. The summed E-state index contributed by atoms with van der Waals surface area (Å²) in [5, 5.41) is -0.729. The van der Waals surface area contributed by atoms with E-state index < -0.39 is 72.1 Å². The molecule has 0 aliphatic carbocycles. The summed E-state index contributed by atoms with van der Waals surface area (Å²) in [7, 11) is 0. The number of hydrogen-bond acceptors (Lipinski definition) is 3. The molecule has 0 N–H and O–H groups in total. The minimum atomic E-state index is -6.01. The molecule has 0 aromatic heterocycles. The summed E-state index contributed by atoms with van der Waals surface area (Å²) >= 11 is 2.71. The smallest absolute Gasteiger partial charge is 0.365 e. The molecule has 0 aromatic carbocycles. The van der Waals surface area contributed by atoms with Crippen molar-refractivity contribution in [3.63, 3.8) is 0 Å². The van der Waals surface area contributed by atoms with E-state index in [-0.39, 0.29) is 6.92 Å². The van der Waals surface area contributed by atoms with E-state index in [0.29, 0.717) is 27.7 Å². The van der Waals surface area contributed by atoms with Gasteiger partial charge in [0.25, 0.3) is 5.60 Å². The fourth-order valence-corrected chi connectivity index (χ4v) is 2.18. The third-order valence-corrected chi connectivity index (χ3v) is 6.07. The molecule has 0 bridgehead atoms. The molecule has 200 valence electrons. The second-order valence-electron chi connectivity index (χ2n) is 8.54. The zero-order valence-electron chi connectivity index (χ0n) is 18.0. The van der Waals surface area contributed by atoms with Gasteiger partial charge in [0, 0.05) is 5.33 Å². The second-order valence-corrected chi connectivity index (χ2v) is 9.11. The average Bonchev–Trinajstić information content (AvgIpc) is 2.57. The first-order valence-corrected chi connectivity index (χ1v) is 10.0. The highest BCUT2D eigenvalue weighted by Gasteiger charge is 2.69. The number of hydrogen-bond donors (Lipinski definition) is 0. The van der Waals surface area contributed by atoms with Crippen molar-refractivity contribution >= 4 is 15.9 Å². The lowest BCUT2D eigenvalue weighted by molar-refractivity contribution is -0.380. The van der Waals surface area contributed by atoms with Gasteiger partial charge in [-0.3, -0.25) is 0 Å². The van der Waals surface area contributed by atoms with Gasteiger partial charge in [0.2, 0.25) is 0 Å². The molecule has 0 aliphatic heterocycles. The van der Waals surface area contributed by atoms with E-state index in [2.05, 4.69) is 30.1 Å². The van der Waals surface area contributed by atoms with Crippen molar-refractivity contribution in [3.8, 4) is 0 Å². The molecule has 0 atom stereocenters. The zero-order chi connectivity index (χ0) is 26.9. The van der Waals surface area contributed by atoms with Gasteiger partial charge in [-0.2, -0.15) is 52.7 Å². The van der Waals surface area contributed by atoms with Gasteiger partial charge in [-0.1, -0.05) is 15.9 Å². The maximum Gasteiger partial charge on any atom is 0.426 e. The Morgan fingerprint density at radius 3 is 0.970 bits per heavy atom. The van der Waals surface area contributed by atoms with Gasteiger partial charge in [0.1, 0.15) is 0 Å². The minimum absolute atomic E-state index is 0.354. The first kappa shape index (κ1) is 32.5. The van der Waals surface area contributed by atoms with Crippen molar-refractivity contribution in [1.29, 1.82) is 0 Å². The molecular weight excluding hydrogens is 560 g/mol. The van der Waals surface area contributed by atoms with Crippen LogP contribution in [0.1, 0.15) is 34.6 Å². The predicted octanol–water partition coefficient (Wildman–Crippen LogP) is 6.98. The molecule has 3 nitrogen and oxygen atoms in total. The highest BCUT2D eigenvalue weighted by Crippen LogP contribution is 2.47. The van der Waals surface area contributed by atoms with E-state index in [1.807, 2.05) is 0 Å². The molecule has 33 heavy (non-hydrogen) atoms. The lowest BCUT2D eigenvalue weighted by atomic mass is 9.92. The van der Waals surface area contributed by atoms with Crippen molar-refractivity contribution in [2.45, 2.75) is 76.1 Å². The summed E-state index contributed by atoms with van der Waals surface area (Å²) in [5.74, 6) is 0.